The molecule has 1 amide bonds. The van der Waals surface area contributed by atoms with Crippen LogP contribution < -0.4 is 9.47 Å². The van der Waals surface area contributed by atoms with Crippen LogP contribution in [0.15, 0.2) is 47.0 Å². The molecule has 1 heterocycles. The molecule has 0 aliphatic carbocycles. The highest BCUT2D eigenvalue weighted by atomic mass is 19.1. The zero-order valence-electron chi connectivity index (χ0n) is 15.9. The molecule has 0 unspecified atom stereocenters. The van der Waals surface area contributed by atoms with Gasteiger partial charge in [0.25, 0.3) is 11.8 Å². The Hall–Kier alpha value is -3.49. The molecule has 0 aliphatic heterocycles. The number of methoxy groups -OCH3 is 1. The van der Waals surface area contributed by atoms with Crippen molar-refractivity contribution in [1.82, 2.24) is 15.0 Å². The second-order valence-electron chi connectivity index (χ2n) is 6.14. The van der Waals surface area contributed by atoms with Crippen LogP contribution >= 0.6 is 0 Å². The Kier molecular flexibility index (Phi) is 6.38. The lowest BCUT2D eigenvalue weighted by Gasteiger charge is -2.16. The molecule has 2 aromatic carbocycles. The second-order valence-corrected chi connectivity index (χ2v) is 6.14. The average molecular weight is 403 g/mol. The smallest absolute Gasteiger partial charge is 0.264 e. The van der Waals surface area contributed by atoms with Gasteiger partial charge >= 0.3 is 0 Å². The lowest BCUT2D eigenvalue weighted by Crippen LogP contribution is -2.30. The van der Waals surface area contributed by atoms with Crippen molar-refractivity contribution in [2.45, 2.75) is 13.0 Å². The Morgan fingerprint density at radius 1 is 1.10 bits per heavy atom. The number of hydrogen-bond donors (Lipinski definition) is 0. The number of nitrogens with zero attached hydrogens (tertiary/aromatic N) is 3. The van der Waals surface area contributed by atoms with Crippen LogP contribution in [0.5, 0.6) is 11.5 Å². The fourth-order valence-electron chi connectivity index (χ4n) is 2.53. The molecule has 9 heteroatoms. The van der Waals surface area contributed by atoms with Crippen LogP contribution in [0.1, 0.15) is 22.1 Å². The van der Waals surface area contributed by atoms with Crippen LogP contribution in [-0.2, 0) is 13.0 Å². The second kappa shape index (κ2) is 9.13. The van der Waals surface area contributed by atoms with Crippen molar-refractivity contribution in [3.63, 3.8) is 0 Å². The van der Waals surface area contributed by atoms with E-state index in [1.807, 2.05) is 0 Å². The van der Waals surface area contributed by atoms with Crippen molar-refractivity contribution < 1.29 is 27.6 Å². The molecule has 0 fully saturated rings. The molecule has 1 aromatic heterocycles. The normalized spacial score (nSPS) is 10.6. The van der Waals surface area contributed by atoms with Gasteiger partial charge in [-0.1, -0.05) is 11.2 Å². The van der Waals surface area contributed by atoms with Gasteiger partial charge in [0.2, 0.25) is 0 Å². The number of aromatic nitrogens is 2. The average Bonchev–Trinajstić information content (AvgIpc) is 3.18. The number of benzene rings is 2. The fourth-order valence-corrected chi connectivity index (χ4v) is 2.53. The van der Waals surface area contributed by atoms with Gasteiger partial charge in [-0.3, -0.25) is 4.79 Å². The summed E-state index contributed by atoms with van der Waals surface area (Å²) in [6, 6.07) is 10.3. The van der Waals surface area contributed by atoms with Crippen LogP contribution in [0.3, 0.4) is 0 Å². The topological polar surface area (TPSA) is 77.7 Å². The van der Waals surface area contributed by atoms with Crippen molar-refractivity contribution in [1.29, 1.82) is 0 Å². The Morgan fingerprint density at radius 2 is 1.76 bits per heavy atom. The van der Waals surface area contributed by atoms with Crippen molar-refractivity contribution in [2.75, 3.05) is 20.7 Å². The molecule has 7 nitrogen and oxygen atoms in total. The Balaban J connectivity index is 1.52. The van der Waals surface area contributed by atoms with Crippen molar-refractivity contribution in [3.8, 4) is 11.5 Å². The van der Waals surface area contributed by atoms with Crippen molar-refractivity contribution in [3.05, 3.63) is 71.4 Å². The Morgan fingerprint density at radius 3 is 2.41 bits per heavy atom. The molecule has 0 bridgehead atoms. The van der Waals surface area contributed by atoms with E-state index in [1.54, 1.807) is 31.4 Å². The molecule has 29 heavy (non-hydrogen) atoms. The van der Waals surface area contributed by atoms with Crippen LogP contribution in [0.2, 0.25) is 0 Å². The fraction of sp³-hybridized carbons (Fsp3) is 0.250. The number of amides is 1. The van der Waals surface area contributed by atoms with Gasteiger partial charge in [-0.2, -0.15) is 4.98 Å². The first-order valence-electron chi connectivity index (χ1n) is 8.75. The molecule has 0 radical (unpaired) electrons. The maximum atomic E-state index is 13.7. The number of carbonyl (C=O) groups excluding carboxylic acids is 1. The molecule has 3 aromatic rings. The van der Waals surface area contributed by atoms with E-state index in [0.29, 0.717) is 17.3 Å². The summed E-state index contributed by atoms with van der Waals surface area (Å²) in [5, 5.41) is 3.82. The maximum Gasteiger partial charge on any atom is 0.264 e. The zero-order valence-corrected chi connectivity index (χ0v) is 15.9. The Labute approximate surface area is 165 Å². The van der Waals surface area contributed by atoms with Gasteiger partial charge in [-0.05, 0) is 36.4 Å². The summed E-state index contributed by atoms with van der Waals surface area (Å²) in [7, 11) is 3.02. The summed E-state index contributed by atoms with van der Waals surface area (Å²) in [5.74, 6) is -0.614. The molecule has 0 N–H and O–H groups in total. The minimum absolute atomic E-state index is 0.0779. The van der Waals surface area contributed by atoms with Gasteiger partial charge in [0, 0.05) is 20.0 Å². The molecular formula is C20H19F2N3O4. The van der Waals surface area contributed by atoms with E-state index in [4.69, 9.17) is 14.0 Å². The highest BCUT2D eigenvalue weighted by Gasteiger charge is 2.21. The summed E-state index contributed by atoms with van der Waals surface area (Å²) in [6.45, 7) is 0.236. The van der Waals surface area contributed by atoms with E-state index >= 15 is 0 Å². The first kappa shape index (κ1) is 20.2. The first-order chi connectivity index (χ1) is 14.0. The van der Waals surface area contributed by atoms with E-state index in [-0.39, 0.29) is 25.5 Å². The number of rotatable bonds is 8. The van der Waals surface area contributed by atoms with Crippen LogP contribution in [0.4, 0.5) is 8.78 Å². The molecular weight excluding hydrogens is 384 g/mol. The van der Waals surface area contributed by atoms with Crippen LogP contribution in [0.25, 0.3) is 0 Å². The van der Waals surface area contributed by atoms with Crippen LogP contribution in [0, 0.1) is 11.6 Å². The molecule has 3 rings (SSSR count). The van der Waals surface area contributed by atoms with Gasteiger partial charge < -0.3 is 18.9 Å². The highest BCUT2D eigenvalue weighted by molar-refractivity contribution is 5.94. The van der Waals surface area contributed by atoms with Gasteiger partial charge in [0.05, 0.1) is 7.11 Å². The van der Waals surface area contributed by atoms with E-state index in [0.717, 1.165) is 12.1 Å². The number of likely N-dealkylation sites (N-methyl/N-ethyl adjacent to an activating group) is 1. The third-order valence-electron chi connectivity index (χ3n) is 4.13. The summed E-state index contributed by atoms with van der Waals surface area (Å²) in [5.41, 5.74) is -0.586. The highest BCUT2D eigenvalue weighted by Crippen LogP contribution is 2.18. The number of hydrogen-bond acceptors (Lipinski definition) is 6. The summed E-state index contributed by atoms with van der Waals surface area (Å²) in [6.07, 6.45) is 0.254. The molecule has 0 spiro atoms. The lowest BCUT2D eigenvalue weighted by molar-refractivity contribution is 0.0786. The number of ether oxygens (including phenoxy) is 2. The minimum atomic E-state index is -0.903. The van der Waals surface area contributed by atoms with Crippen LogP contribution in [-0.4, -0.2) is 41.6 Å². The van der Waals surface area contributed by atoms with E-state index in [9.17, 15) is 13.6 Å². The summed E-state index contributed by atoms with van der Waals surface area (Å²) >= 11 is 0. The van der Waals surface area contributed by atoms with Gasteiger partial charge in [0.15, 0.2) is 12.4 Å². The number of carbonyl (C=O) groups is 1. The first-order valence-corrected chi connectivity index (χ1v) is 8.75. The Bertz CT molecular complexity index is 956. The maximum absolute atomic E-state index is 13.7. The SMILES string of the molecule is COc1ccc(OCc2nc(CCN(C)C(=O)c3c(F)cccc3F)no2)cc1. The molecule has 0 atom stereocenters. The molecule has 152 valence electrons. The molecule has 0 saturated carbocycles. The van der Waals surface area contributed by atoms with Crippen molar-refractivity contribution >= 4 is 5.91 Å². The quantitative estimate of drug-likeness (QED) is 0.575. The summed E-state index contributed by atoms with van der Waals surface area (Å²) in [4.78, 5) is 17.7. The van der Waals surface area contributed by atoms with Crippen molar-refractivity contribution in [2.24, 2.45) is 0 Å². The minimum Gasteiger partial charge on any atom is -0.497 e. The van der Waals surface area contributed by atoms with Gasteiger partial charge in [0.1, 0.15) is 28.7 Å². The molecule has 0 aliphatic rings. The third kappa shape index (κ3) is 5.07. The van der Waals surface area contributed by atoms with E-state index in [2.05, 4.69) is 10.1 Å². The molecule has 0 saturated heterocycles. The lowest BCUT2D eigenvalue weighted by atomic mass is 10.1. The number of halogens is 2. The largest absolute Gasteiger partial charge is 0.497 e. The third-order valence-corrected chi connectivity index (χ3v) is 4.13. The van der Waals surface area contributed by atoms with E-state index in [1.165, 1.54) is 18.0 Å². The van der Waals surface area contributed by atoms with Gasteiger partial charge in [-0.25, -0.2) is 8.78 Å². The summed E-state index contributed by atoms with van der Waals surface area (Å²) < 4.78 is 43.2. The van der Waals surface area contributed by atoms with Gasteiger partial charge in [-0.15, -0.1) is 0 Å². The standard InChI is InChI=1S/C20H19F2N3O4/c1-25(20(26)19-15(21)4-3-5-16(19)22)11-10-17-23-18(29-24-17)12-28-14-8-6-13(27-2)7-9-14/h3-9H,10-12H2,1-2H3. The zero-order chi connectivity index (χ0) is 20.8. The van der Waals surface area contributed by atoms with E-state index < -0.39 is 23.1 Å². The monoisotopic (exact) mass is 403 g/mol. The predicted octanol–water partition coefficient (Wildman–Crippen LogP) is 3.25. The predicted molar refractivity (Wildman–Crippen MR) is 98.6 cm³/mol.